The van der Waals surface area contributed by atoms with Crippen LogP contribution < -0.4 is 5.32 Å². The normalized spacial score (nSPS) is 15.6. The lowest BCUT2D eigenvalue weighted by atomic mass is 9.88. The molecule has 3 aromatic rings. The Balaban J connectivity index is 1.43. The molecule has 3 aromatic carbocycles. The monoisotopic (exact) mass is 518 g/mol. The van der Waals surface area contributed by atoms with Crippen molar-refractivity contribution in [3.63, 3.8) is 0 Å². The van der Waals surface area contributed by atoms with Crippen molar-refractivity contribution in [3.05, 3.63) is 77.4 Å². The quantitative estimate of drug-likeness (QED) is 0.483. The number of likely N-dealkylation sites (tertiary alicyclic amines) is 1. The van der Waals surface area contributed by atoms with Crippen molar-refractivity contribution in [2.24, 2.45) is 0 Å². The highest BCUT2D eigenvalue weighted by atomic mass is 32.2. The largest absolute Gasteiger partial charge is 0.471 e. The summed E-state index contributed by atoms with van der Waals surface area (Å²) in [5, 5.41) is 3.68. The maximum atomic E-state index is 13.3. The first kappa shape index (κ1) is 25.9. The molecule has 0 aromatic heterocycles. The van der Waals surface area contributed by atoms with E-state index in [1.165, 1.54) is 0 Å². The fourth-order valence-corrected chi connectivity index (χ4v) is 5.92. The van der Waals surface area contributed by atoms with Crippen LogP contribution in [0.4, 0.5) is 13.2 Å². The number of halogens is 3. The van der Waals surface area contributed by atoms with Gasteiger partial charge in [0, 0.05) is 30.1 Å². The van der Waals surface area contributed by atoms with Gasteiger partial charge in [-0.15, -0.1) is 0 Å². The molecule has 1 heterocycles. The van der Waals surface area contributed by atoms with Gasteiger partial charge in [0.2, 0.25) is 0 Å². The molecule has 5 nitrogen and oxygen atoms in total. The molecule has 36 heavy (non-hydrogen) atoms. The first-order chi connectivity index (χ1) is 16.9. The molecule has 0 radical (unpaired) electrons. The minimum absolute atomic E-state index is 0.0733. The number of fused-ring (bicyclic) bond motifs is 1. The smallest absolute Gasteiger partial charge is 0.344 e. The van der Waals surface area contributed by atoms with Gasteiger partial charge in [0.1, 0.15) is 0 Å². The molecule has 0 bridgehead atoms. The number of nitrogens with one attached hydrogen (secondary N) is 1. The predicted octanol–water partition coefficient (Wildman–Crippen LogP) is 4.67. The van der Waals surface area contributed by atoms with Crippen molar-refractivity contribution in [1.29, 1.82) is 0 Å². The molecule has 2 amide bonds. The predicted molar refractivity (Wildman–Crippen MR) is 136 cm³/mol. The van der Waals surface area contributed by atoms with Crippen molar-refractivity contribution in [1.82, 2.24) is 10.2 Å². The molecule has 1 N–H and O–H groups in total. The molecular formula is C27H29F3N2O3S. The zero-order valence-corrected chi connectivity index (χ0v) is 21.0. The summed E-state index contributed by atoms with van der Waals surface area (Å²) in [5.74, 6) is -1.86. The summed E-state index contributed by atoms with van der Waals surface area (Å²) in [4.78, 5) is 26.9. The zero-order chi connectivity index (χ0) is 26.1. The number of benzene rings is 3. The maximum Gasteiger partial charge on any atom is 0.471 e. The molecule has 1 aliphatic heterocycles. The molecular weight excluding hydrogens is 489 g/mol. The number of piperidine rings is 1. The van der Waals surface area contributed by atoms with Gasteiger partial charge in [0.05, 0.1) is 0 Å². The van der Waals surface area contributed by atoms with E-state index in [2.05, 4.69) is 0 Å². The zero-order valence-electron chi connectivity index (χ0n) is 20.1. The van der Waals surface area contributed by atoms with E-state index in [4.69, 9.17) is 0 Å². The number of rotatable bonds is 5. The lowest BCUT2D eigenvalue weighted by molar-refractivity contribution is -0.173. The third-order valence-corrected chi connectivity index (χ3v) is 8.15. The highest BCUT2D eigenvalue weighted by Crippen LogP contribution is 2.31. The summed E-state index contributed by atoms with van der Waals surface area (Å²) in [7, 11) is -2.52. The topological polar surface area (TPSA) is 66.5 Å². The van der Waals surface area contributed by atoms with Gasteiger partial charge in [-0.2, -0.15) is 13.2 Å². The Hall–Kier alpha value is -3.20. The van der Waals surface area contributed by atoms with Crippen molar-refractivity contribution in [3.8, 4) is 0 Å². The van der Waals surface area contributed by atoms with E-state index in [1.807, 2.05) is 52.7 Å². The second-order valence-corrected chi connectivity index (χ2v) is 12.7. The highest BCUT2D eigenvalue weighted by molar-refractivity contribution is 8.02. The molecule has 1 saturated heterocycles. The van der Waals surface area contributed by atoms with Gasteiger partial charge >= 0.3 is 12.1 Å². The summed E-state index contributed by atoms with van der Waals surface area (Å²) in [6.45, 7) is 0.909. The SMILES string of the molecule is C[SH](C)(=O)c1cccc2ccc(C(=O)N3CCC(c4cccc(CNC(=O)C(F)(F)F)c4)CC3)cc12. The van der Waals surface area contributed by atoms with Gasteiger partial charge < -0.3 is 10.2 Å². The first-order valence-corrected chi connectivity index (χ1v) is 14.3. The summed E-state index contributed by atoms with van der Waals surface area (Å²) in [6, 6.07) is 18.4. The lowest BCUT2D eigenvalue weighted by Crippen LogP contribution is -2.38. The number of carbonyl (C=O) groups excluding carboxylic acids is 2. The standard InChI is InChI=1S/C27H29F3N2O3S/c1-36(2,35)24-8-4-6-20-9-10-22(16-23(20)24)25(33)32-13-11-19(12-14-32)21-7-3-5-18(15-21)17-31-26(34)27(28,29)30/h3-10,15-16,19,36H,11-14,17H2,1-2H3,(H,31,34). The molecule has 0 unspecified atom stereocenters. The lowest BCUT2D eigenvalue weighted by Gasteiger charge is -2.32. The summed E-state index contributed by atoms with van der Waals surface area (Å²) < 4.78 is 50.1. The Bertz CT molecular complexity index is 1340. The van der Waals surface area contributed by atoms with Crippen LogP contribution in [0.15, 0.2) is 65.6 Å². The molecule has 0 aliphatic carbocycles. The summed E-state index contributed by atoms with van der Waals surface area (Å²) in [5.41, 5.74) is 2.14. The van der Waals surface area contributed by atoms with Crippen LogP contribution >= 0.6 is 0 Å². The Kier molecular flexibility index (Phi) is 7.22. The molecule has 0 atom stereocenters. The van der Waals surface area contributed by atoms with E-state index >= 15 is 0 Å². The van der Waals surface area contributed by atoms with Gasteiger partial charge in [-0.05, 0) is 71.4 Å². The Labute approximate surface area is 209 Å². The van der Waals surface area contributed by atoms with E-state index in [0.717, 1.165) is 34.1 Å². The second-order valence-electron chi connectivity index (χ2n) is 9.56. The molecule has 4 rings (SSSR count). The molecule has 9 heteroatoms. The Morgan fingerprint density at radius 2 is 1.69 bits per heavy atom. The van der Waals surface area contributed by atoms with E-state index in [0.29, 0.717) is 24.2 Å². The molecule has 1 fully saturated rings. The van der Waals surface area contributed by atoms with E-state index in [-0.39, 0.29) is 18.4 Å². The van der Waals surface area contributed by atoms with Crippen LogP contribution in [0.1, 0.15) is 40.2 Å². The molecule has 0 saturated carbocycles. The number of carbonyl (C=O) groups is 2. The van der Waals surface area contributed by atoms with Crippen LogP contribution in [0, 0.1) is 0 Å². The fraction of sp³-hybridized carbons (Fsp3) is 0.333. The van der Waals surface area contributed by atoms with Crippen LogP contribution in [0.25, 0.3) is 10.8 Å². The van der Waals surface area contributed by atoms with Crippen molar-refractivity contribution in [2.45, 2.75) is 36.4 Å². The minimum atomic E-state index is -4.91. The summed E-state index contributed by atoms with van der Waals surface area (Å²) >= 11 is 0. The van der Waals surface area contributed by atoms with Crippen molar-refractivity contribution < 1.29 is 27.0 Å². The third-order valence-electron chi connectivity index (χ3n) is 6.60. The summed E-state index contributed by atoms with van der Waals surface area (Å²) in [6.07, 6.45) is -0.0129. The van der Waals surface area contributed by atoms with Crippen molar-refractivity contribution >= 4 is 32.5 Å². The Morgan fingerprint density at radius 3 is 2.36 bits per heavy atom. The number of thiol groups is 1. The number of nitrogens with zero attached hydrogens (tertiary/aromatic N) is 1. The van der Waals surface area contributed by atoms with Gasteiger partial charge in [-0.1, -0.05) is 52.4 Å². The van der Waals surface area contributed by atoms with Crippen LogP contribution in [-0.4, -0.2) is 52.7 Å². The minimum Gasteiger partial charge on any atom is -0.344 e. The van der Waals surface area contributed by atoms with Crippen LogP contribution in [-0.2, 0) is 21.3 Å². The molecule has 1 aliphatic rings. The highest BCUT2D eigenvalue weighted by Gasteiger charge is 2.38. The number of hydrogen-bond acceptors (Lipinski definition) is 3. The maximum absolute atomic E-state index is 13.3. The first-order valence-electron chi connectivity index (χ1n) is 11.7. The van der Waals surface area contributed by atoms with E-state index in [9.17, 15) is 27.0 Å². The molecule has 0 spiro atoms. The van der Waals surface area contributed by atoms with Gasteiger partial charge in [-0.3, -0.25) is 13.8 Å². The molecule has 192 valence electrons. The third kappa shape index (κ3) is 5.78. The van der Waals surface area contributed by atoms with Gasteiger partial charge in [-0.25, -0.2) is 0 Å². The average Bonchev–Trinajstić information content (AvgIpc) is 2.85. The number of hydrogen-bond donors (Lipinski definition) is 2. The van der Waals surface area contributed by atoms with Crippen molar-refractivity contribution in [2.75, 3.05) is 25.6 Å². The van der Waals surface area contributed by atoms with Crippen LogP contribution in [0.2, 0.25) is 0 Å². The van der Waals surface area contributed by atoms with Gasteiger partial charge in [0.25, 0.3) is 5.91 Å². The van der Waals surface area contributed by atoms with E-state index < -0.39 is 22.0 Å². The number of amides is 2. The number of alkyl halides is 3. The van der Waals surface area contributed by atoms with Gasteiger partial charge in [0.15, 0.2) is 0 Å². The van der Waals surface area contributed by atoms with E-state index in [1.54, 1.807) is 30.7 Å². The second kappa shape index (κ2) is 10.0. The Morgan fingerprint density at radius 1 is 1.00 bits per heavy atom. The fourth-order valence-electron chi connectivity index (χ4n) is 4.70. The van der Waals surface area contributed by atoms with Crippen LogP contribution in [0.5, 0.6) is 0 Å². The van der Waals surface area contributed by atoms with Crippen LogP contribution in [0.3, 0.4) is 0 Å². The average molecular weight is 519 g/mol.